The van der Waals surface area contributed by atoms with E-state index in [9.17, 15) is 13.2 Å². The van der Waals surface area contributed by atoms with Crippen molar-refractivity contribution in [3.63, 3.8) is 0 Å². The molecule has 0 aromatic rings. The molecule has 0 aliphatic rings. The van der Waals surface area contributed by atoms with Gasteiger partial charge in [-0.05, 0) is 19.9 Å². The Bertz CT molecular complexity index is 290. The van der Waals surface area contributed by atoms with Crippen LogP contribution in [-0.2, 0) is 14.8 Å². The van der Waals surface area contributed by atoms with Gasteiger partial charge in [-0.25, -0.2) is 13.1 Å². The van der Waals surface area contributed by atoms with Gasteiger partial charge in [-0.3, -0.25) is 4.79 Å². The molecule has 7 heteroatoms. The third-order valence-electron chi connectivity index (χ3n) is 1.96. The zero-order chi connectivity index (χ0) is 11.9. The molecule has 0 atom stereocenters. The molecule has 90 valence electrons. The van der Waals surface area contributed by atoms with Gasteiger partial charge in [0, 0.05) is 13.6 Å². The molecule has 6 nitrogen and oxygen atoms in total. The van der Waals surface area contributed by atoms with Gasteiger partial charge in [0.15, 0.2) is 0 Å². The molecule has 0 aliphatic carbocycles. The number of nitrogens with one attached hydrogen (secondary N) is 1. The number of hydrogen-bond donors (Lipinski definition) is 2. The molecule has 15 heavy (non-hydrogen) atoms. The monoisotopic (exact) mass is 237 g/mol. The highest BCUT2D eigenvalue weighted by molar-refractivity contribution is 7.89. The van der Waals surface area contributed by atoms with E-state index in [1.54, 1.807) is 7.05 Å². The van der Waals surface area contributed by atoms with Gasteiger partial charge in [0.05, 0.1) is 12.3 Å². The molecule has 0 aromatic heterocycles. The first-order valence-corrected chi connectivity index (χ1v) is 6.49. The smallest absolute Gasteiger partial charge is 0.237 e. The zero-order valence-corrected chi connectivity index (χ0v) is 10.0. The standard InChI is InChI=1S/C8H19N3O3S/c1-3-11(2)8(12)7-10-15(13,14)6-4-5-9/h10H,3-7,9H2,1-2H3. The van der Waals surface area contributed by atoms with Crippen molar-refractivity contribution in [1.82, 2.24) is 9.62 Å². The van der Waals surface area contributed by atoms with Crippen LogP contribution >= 0.6 is 0 Å². The van der Waals surface area contributed by atoms with E-state index in [4.69, 9.17) is 5.73 Å². The SMILES string of the molecule is CCN(C)C(=O)CNS(=O)(=O)CCCN. The van der Waals surface area contributed by atoms with E-state index in [1.807, 2.05) is 6.92 Å². The molecule has 0 fully saturated rings. The Hall–Kier alpha value is -0.660. The van der Waals surface area contributed by atoms with Crippen molar-refractivity contribution in [3.05, 3.63) is 0 Å². The number of sulfonamides is 1. The number of nitrogens with zero attached hydrogens (tertiary/aromatic N) is 1. The van der Waals surface area contributed by atoms with Crippen LogP contribution in [0.4, 0.5) is 0 Å². The van der Waals surface area contributed by atoms with Crippen LogP contribution in [0.5, 0.6) is 0 Å². The lowest BCUT2D eigenvalue weighted by Crippen LogP contribution is -2.39. The van der Waals surface area contributed by atoms with Gasteiger partial charge in [0.1, 0.15) is 0 Å². The molecular formula is C8H19N3O3S. The van der Waals surface area contributed by atoms with Gasteiger partial charge in [-0.15, -0.1) is 0 Å². The number of hydrogen-bond acceptors (Lipinski definition) is 4. The van der Waals surface area contributed by atoms with Crippen LogP contribution in [0.2, 0.25) is 0 Å². The molecule has 0 aliphatic heterocycles. The highest BCUT2D eigenvalue weighted by atomic mass is 32.2. The summed E-state index contributed by atoms with van der Waals surface area (Å²) in [6.07, 6.45) is 0.396. The summed E-state index contributed by atoms with van der Waals surface area (Å²) < 4.78 is 24.8. The van der Waals surface area contributed by atoms with E-state index in [0.29, 0.717) is 19.5 Å². The van der Waals surface area contributed by atoms with Crippen LogP contribution < -0.4 is 10.5 Å². The summed E-state index contributed by atoms with van der Waals surface area (Å²) in [6, 6.07) is 0. The number of carbonyl (C=O) groups excluding carboxylic acids is 1. The fourth-order valence-corrected chi connectivity index (χ4v) is 1.86. The van der Waals surface area contributed by atoms with E-state index in [2.05, 4.69) is 4.72 Å². The fourth-order valence-electron chi connectivity index (χ4n) is 0.829. The molecule has 0 saturated heterocycles. The normalized spacial score (nSPS) is 11.4. The predicted octanol–water partition coefficient (Wildman–Crippen LogP) is -1.27. The Balaban J connectivity index is 3.99. The number of rotatable bonds is 7. The van der Waals surface area contributed by atoms with Crippen molar-refractivity contribution >= 4 is 15.9 Å². The molecule has 0 spiro atoms. The van der Waals surface area contributed by atoms with Crippen molar-refractivity contribution in [1.29, 1.82) is 0 Å². The fraction of sp³-hybridized carbons (Fsp3) is 0.875. The average Bonchev–Trinajstić information content (AvgIpc) is 2.22. The molecule has 3 N–H and O–H groups in total. The molecule has 0 unspecified atom stereocenters. The lowest BCUT2D eigenvalue weighted by Gasteiger charge is -2.14. The Morgan fingerprint density at radius 1 is 1.47 bits per heavy atom. The van der Waals surface area contributed by atoms with Crippen LogP contribution in [-0.4, -0.2) is 51.7 Å². The minimum absolute atomic E-state index is 0.0351. The second-order valence-corrected chi connectivity index (χ2v) is 5.12. The Labute approximate surface area is 90.9 Å². The average molecular weight is 237 g/mol. The van der Waals surface area contributed by atoms with Gasteiger partial charge >= 0.3 is 0 Å². The van der Waals surface area contributed by atoms with Crippen LogP contribution in [0.15, 0.2) is 0 Å². The molecule has 0 saturated carbocycles. The van der Waals surface area contributed by atoms with Gasteiger partial charge in [-0.1, -0.05) is 0 Å². The van der Waals surface area contributed by atoms with Gasteiger partial charge < -0.3 is 10.6 Å². The van der Waals surface area contributed by atoms with E-state index in [-0.39, 0.29) is 18.2 Å². The highest BCUT2D eigenvalue weighted by Gasteiger charge is 2.13. The highest BCUT2D eigenvalue weighted by Crippen LogP contribution is 1.89. The lowest BCUT2D eigenvalue weighted by atomic mass is 10.5. The predicted molar refractivity (Wildman–Crippen MR) is 58.8 cm³/mol. The number of carbonyl (C=O) groups is 1. The molecule has 0 rings (SSSR count). The van der Waals surface area contributed by atoms with E-state index in [1.165, 1.54) is 4.90 Å². The second kappa shape index (κ2) is 6.76. The van der Waals surface area contributed by atoms with Gasteiger partial charge in [-0.2, -0.15) is 0 Å². The largest absolute Gasteiger partial charge is 0.345 e. The maximum atomic E-state index is 11.3. The van der Waals surface area contributed by atoms with Crippen molar-refractivity contribution in [2.45, 2.75) is 13.3 Å². The van der Waals surface area contributed by atoms with Crippen LogP contribution in [0.25, 0.3) is 0 Å². The summed E-state index contributed by atoms with van der Waals surface area (Å²) in [5.74, 6) is -0.277. The Morgan fingerprint density at radius 2 is 2.07 bits per heavy atom. The van der Waals surface area contributed by atoms with Crippen LogP contribution in [0.3, 0.4) is 0 Å². The maximum absolute atomic E-state index is 11.3. The van der Waals surface area contributed by atoms with Crippen molar-refractivity contribution in [2.75, 3.05) is 32.4 Å². The molecule has 0 bridgehead atoms. The molecular weight excluding hydrogens is 218 g/mol. The van der Waals surface area contributed by atoms with Gasteiger partial charge in [0.25, 0.3) is 0 Å². The van der Waals surface area contributed by atoms with Crippen molar-refractivity contribution in [2.24, 2.45) is 5.73 Å². The lowest BCUT2D eigenvalue weighted by molar-refractivity contribution is -0.128. The zero-order valence-electron chi connectivity index (χ0n) is 9.19. The number of nitrogens with two attached hydrogens (primary N) is 1. The summed E-state index contributed by atoms with van der Waals surface area (Å²) in [6.45, 7) is 2.52. The second-order valence-electron chi connectivity index (χ2n) is 3.19. The third kappa shape index (κ3) is 6.43. The quantitative estimate of drug-likeness (QED) is 0.577. The maximum Gasteiger partial charge on any atom is 0.237 e. The summed E-state index contributed by atoms with van der Waals surface area (Å²) in [7, 11) is -1.74. The Kier molecular flexibility index (Phi) is 6.46. The summed E-state index contributed by atoms with van der Waals surface area (Å²) in [5, 5.41) is 0. The topological polar surface area (TPSA) is 92.5 Å². The third-order valence-corrected chi connectivity index (χ3v) is 3.37. The van der Waals surface area contributed by atoms with Gasteiger partial charge in [0.2, 0.25) is 15.9 Å². The number of likely N-dealkylation sites (N-methyl/N-ethyl adjacent to an activating group) is 1. The van der Waals surface area contributed by atoms with Crippen LogP contribution in [0, 0.1) is 0 Å². The minimum atomic E-state index is -3.36. The first-order valence-electron chi connectivity index (χ1n) is 4.84. The number of amides is 1. The molecule has 0 heterocycles. The van der Waals surface area contributed by atoms with Crippen LogP contribution in [0.1, 0.15) is 13.3 Å². The molecule has 1 amide bonds. The summed E-state index contributed by atoms with van der Waals surface area (Å²) in [5.41, 5.74) is 5.19. The summed E-state index contributed by atoms with van der Waals surface area (Å²) >= 11 is 0. The summed E-state index contributed by atoms with van der Waals surface area (Å²) in [4.78, 5) is 12.7. The first-order chi connectivity index (χ1) is 6.93. The van der Waals surface area contributed by atoms with E-state index < -0.39 is 10.0 Å². The van der Waals surface area contributed by atoms with E-state index in [0.717, 1.165) is 0 Å². The Morgan fingerprint density at radius 3 is 2.53 bits per heavy atom. The first kappa shape index (κ1) is 14.3. The van der Waals surface area contributed by atoms with Crippen molar-refractivity contribution in [3.8, 4) is 0 Å². The molecule has 0 aromatic carbocycles. The minimum Gasteiger partial charge on any atom is -0.345 e. The van der Waals surface area contributed by atoms with Crippen molar-refractivity contribution < 1.29 is 13.2 Å². The van der Waals surface area contributed by atoms with E-state index >= 15 is 0 Å². The molecule has 0 radical (unpaired) electrons.